The van der Waals surface area contributed by atoms with E-state index in [-0.39, 0.29) is 5.60 Å². The van der Waals surface area contributed by atoms with E-state index in [9.17, 15) is 0 Å². The molecule has 0 spiro atoms. The minimum Gasteiger partial charge on any atom is -0.371 e. The number of ether oxygens (including phenoxy) is 1. The smallest absolute Gasteiger partial charge is 0.191 e. The van der Waals surface area contributed by atoms with Gasteiger partial charge >= 0.3 is 0 Å². The van der Waals surface area contributed by atoms with E-state index in [1.54, 1.807) is 0 Å². The Morgan fingerprint density at radius 3 is 2.61 bits per heavy atom. The summed E-state index contributed by atoms with van der Waals surface area (Å²) in [5.74, 6) is 1.76. The molecule has 23 heavy (non-hydrogen) atoms. The van der Waals surface area contributed by atoms with Crippen LogP contribution >= 0.6 is 0 Å². The van der Waals surface area contributed by atoms with E-state index >= 15 is 0 Å². The maximum atomic E-state index is 5.85. The molecular formula is C19H31N3O. The van der Waals surface area contributed by atoms with Crippen LogP contribution in [0.5, 0.6) is 0 Å². The molecule has 2 N–H and O–H groups in total. The van der Waals surface area contributed by atoms with Crippen LogP contribution < -0.4 is 10.6 Å². The van der Waals surface area contributed by atoms with Crippen molar-refractivity contribution in [1.29, 1.82) is 0 Å². The van der Waals surface area contributed by atoms with Gasteiger partial charge in [-0.05, 0) is 57.6 Å². The van der Waals surface area contributed by atoms with Crippen molar-refractivity contribution in [3.8, 4) is 0 Å². The van der Waals surface area contributed by atoms with Gasteiger partial charge in [0.1, 0.15) is 0 Å². The number of hydrogen-bond donors (Lipinski definition) is 2. The summed E-state index contributed by atoms with van der Waals surface area (Å²) in [5, 5.41) is 6.74. The summed E-state index contributed by atoms with van der Waals surface area (Å²) in [6.45, 7) is 11.6. The Morgan fingerprint density at radius 2 is 1.96 bits per heavy atom. The van der Waals surface area contributed by atoms with Gasteiger partial charge in [-0.2, -0.15) is 0 Å². The molecule has 2 rings (SSSR count). The van der Waals surface area contributed by atoms with Crippen LogP contribution in [0.25, 0.3) is 0 Å². The molecule has 128 valence electrons. The van der Waals surface area contributed by atoms with Crippen molar-refractivity contribution < 1.29 is 4.74 Å². The van der Waals surface area contributed by atoms with Gasteiger partial charge in [0.2, 0.25) is 0 Å². The first-order chi connectivity index (χ1) is 11.0. The molecule has 0 atom stereocenters. The maximum absolute atomic E-state index is 5.85. The molecular weight excluding hydrogens is 286 g/mol. The highest BCUT2D eigenvalue weighted by atomic mass is 16.5. The van der Waals surface area contributed by atoms with Crippen LogP contribution in [0, 0.1) is 5.92 Å². The highest BCUT2D eigenvalue weighted by Gasteiger charge is 2.21. The molecule has 1 aromatic rings. The Bertz CT molecular complexity index is 516. The minimum absolute atomic E-state index is 0.112. The Labute approximate surface area is 140 Å². The molecule has 0 bridgehead atoms. The van der Waals surface area contributed by atoms with Gasteiger partial charge in [0.25, 0.3) is 0 Å². The molecule has 0 amide bonds. The van der Waals surface area contributed by atoms with Crippen molar-refractivity contribution in [3.05, 3.63) is 35.4 Å². The third kappa shape index (κ3) is 7.51. The molecule has 1 aliphatic rings. The molecule has 0 radical (unpaired) electrons. The third-order valence-electron chi connectivity index (χ3n) is 3.68. The van der Waals surface area contributed by atoms with Gasteiger partial charge in [0, 0.05) is 13.1 Å². The van der Waals surface area contributed by atoms with Gasteiger partial charge in [0.15, 0.2) is 5.96 Å². The first-order valence-electron chi connectivity index (χ1n) is 8.70. The molecule has 0 aliphatic heterocycles. The molecule has 1 fully saturated rings. The highest BCUT2D eigenvalue weighted by Crippen LogP contribution is 2.27. The Balaban J connectivity index is 1.90. The zero-order valence-electron chi connectivity index (χ0n) is 15.0. The van der Waals surface area contributed by atoms with E-state index in [0.717, 1.165) is 25.0 Å². The first kappa shape index (κ1) is 17.8. The molecule has 4 nitrogen and oxygen atoms in total. The monoisotopic (exact) mass is 317 g/mol. The standard InChI is InChI=1S/C19H31N3O/c1-5-20-18(21-12-15-9-10-15)22-13-16-7-6-8-17(11-16)14-23-19(2,3)4/h6-8,11,15H,5,9-10,12-14H2,1-4H3,(H2,20,21,22). The quantitative estimate of drug-likeness (QED) is 0.598. The van der Waals surface area contributed by atoms with Crippen molar-refractivity contribution in [1.82, 2.24) is 10.6 Å². The predicted octanol–water partition coefficient (Wildman–Crippen LogP) is 3.47. The fourth-order valence-corrected chi connectivity index (χ4v) is 2.19. The molecule has 0 saturated heterocycles. The predicted molar refractivity (Wildman–Crippen MR) is 96.5 cm³/mol. The summed E-state index contributed by atoms with van der Waals surface area (Å²) in [5.41, 5.74) is 2.30. The van der Waals surface area contributed by atoms with Crippen LogP contribution in [0.2, 0.25) is 0 Å². The van der Waals surface area contributed by atoms with E-state index in [1.165, 1.54) is 24.0 Å². The normalized spacial score (nSPS) is 15.6. The summed E-state index contributed by atoms with van der Waals surface area (Å²) < 4.78 is 5.85. The Kier molecular flexibility index (Phi) is 6.46. The summed E-state index contributed by atoms with van der Waals surface area (Å²) in [7, 11) is 0. The number of hydrogen-bond acceptors (Lipinski definition) is 2. The van der Waals surface area contributed by atoms with E-state index in [0.29, 0.717) is 13.2 Å². The third-order valence-corrected chi connectivity index (χ3v) is 3.68. The number of aliphatic imine (C=N–C) groups is 1. The summed E-state index contributed by atoms with van der Waals surface area (Å²) >= 11 is 0. The zero-order chi connectivity index (χ0) is 16.7. The molecule has 0 heterocycles. The van der Waals surface area contributed by atoms with Gasteiger partial charge in [-0.25, -0.2) is 4.99 Å². The molecule has 1 saturated carbocycles. The average molecular weight is 317 g/mol. The number of nitrogens with zero attached hydrogens (tertiary/aromatic N) is 1. The van der Waals surface area contributed by atoms with Crippen LogP contribution in [-0.4, -0.2) is 24.7 Å². The number of rotatable bonds is 7. The largest absolute Gasteiger partial charge is 0.371 e. The van der Waals surface area contributed by atoms with Gasteiger partial charge < -0.3 is 15.4 Å². The van der Waals surface area contributed by atoms with Crippen molar-refractivity contribution in [2.24, 2.45) is 10.9 Å². The summed E-state index contributed by atoms with van der Waals surface area (Å²) in [6, 6.07) is 8.49. The van der Waals surface area contributed by atoms with Gasteiger partial charge in [-0.3, -0.25) is 0 Å². The van der Waals surface area contributed by atoms with Gasteiger partial charge in [-0.1, -0.05) is 24.3 Å². The van der Waals surface area contributed by atoms with Gasteiger partial charge in [0.05, 0.1) is 18.8 Å². The Morgan fingerprint density at radius 1 is 1.22 bits per heavy atom. The molecule has 0 aromatic heterocycles. The van der Waals surface area contributed by atoms with Crippen molar-refractivity contribution in [2.75, 3.05) is 13.1 Å². The lowest BCUT2D eigenvalue weighted by Crippen LogP contribution is -2.38. The molecule has 1 aliphatic carbocycles. The topological polar surface area (TPSA) is 45.7 Å². The molecule has 0 unspecified atom stereocenters. The second-order valence-corrected chi connectivity index (χ2v) is 7.24. The van der Waals surface area contributed by atoms with E-state index in [1.807, 2.05) is 0 Å². The summed E-state index contributed by atoms with van der Waals surface area (Å²) in [4.78, 5) is 4.69. The van der Waals surface area contributed by atoms with E-state index < -0.39 is 0 Å². The van der Waals surface area contributed by atoms with Crippen molar-refractivity contribution in [3.63, 3.8) is 0 Å². The summed E-state index contributed by atoms with van der Waals surface area (Å²) in [6.07, 6.45) is 2.70. The molecule has 4 heteroatoms. The maximum Gasteiger partial charge on any atom is 0.191 e. The number of nitrogens with one attached hydrogen (secondary N) is 2. The van der Waals surface area contributed by atoms with Crippen LogP contribution in [0.1, 0.15) is 51.7 Å². The fourth-order valence-electron chi connectivity index (χ4n) is 2.19. The SMILES string of the molecule is CCNC(=NCc1cccc(COC(C)(C)C)c1)NCC1CC1. The molecule has 1 aromatic carbocycles. The van der Waals surface area contributed by atoms with Crippen molar-refractivity contribution in [2.45, 2.75) is 59.3 Å². The van der Waals surface area contributed by atoms with Crippen LogP contribution in [0.4, 0.5) is 0 Å². The zero-order valence-corrected chi connectivity index (χ0v) is 15.0. The van der Waals surface area contributed by atoms with Crippen LogP contribution in [0.3, 0.4) is 0 Å². The number of guanidine groups is 1. The highest BCUT2D eigenvalue weighted by molar-refractivity contribution is 5.79. The van der Waals surface area contributed by atoms with Crippen LogP contribution in [-0.2, 0) is 17.9 Å². The lowest BCUT2D eigenvalue weighted by molar-refractivity contribution is -0.0149. The second-order valence-electron chi connectivity index (χ2n) is 7.24. The minimum atomic E-state index is -0.112. The lowest BCUT2D eigenvalue weighted by Gasteiger charge is -2.19. The number of benzene rings is 1. The average Bonchev–Trinajstić information content (AvgIpc) is 3.32. The Hall–Kier alpha value is -1.55. The first-order valence-corrected chi connectivity index (χ1v) is 8.70. The van der Waals surface area contributed by atoms with E-state index in [2.05, 4.69) is 67.6 Å². The van der Waals surface area contributed by atoms with Crippen molar-refractivity contribution >= 4 is 5.96 Å². The van der Waals surface area contributed by atoms with Gasteiger partial charge in [-0.15, -0.1) is 0 Å². The fraction of sp³-hybridized carbons (Fsp3) is 0.632. The second kappa shape index (κ2) is 8.34. The van der Waals surface area contributed by atoms with E-state index in [4.69, 9.17) is 4.74 Å². The lowest BCUT2D eigenvalue weighted by atomic mass is 10.1. The van der Waals surface area contributed by atoms with Crippen LogP contribution in [0.15, 0.2) is 29.3 Å².